The van der Waals surface area contributed by atoms with Gasteiger partial charge in [-0.15, -0.1) is 0 Å². The number of hydrogen-bond donors (Lipinski definition) is 2. The van der Waals surface area contributed by atoms with E-state index in [9.17, 15) is 9.90 Å². The molecule has 6 heteroatoms. The van der Waals surface area contributed by atoms with Crippen molar-refractivity contribution in [2.75, 3.05) is 0 Å². The van der Waals surface area contributed by atoms with Crippen molar-refractivity contribution in [3.05, 3.63) is 85.9 Å². The minimum absolute atomic E-state index is 0.0791. The van der Waals surface area contributed by atoms with Gasteiger partial charge in [0, 0.05) is 6.21 Å². The van der Waals surface area contributed by atoms with Crippen LogP contribution < -0.4 is 5.56 Å². The average Bonchev–Trinajstić information content (AvgIpc) is 2.61. The fraction of sp³-hybridized carbons (Fsp3) is 0.150. The van der Waals surface area contributed by atoms with Crippen molar-refractivity contribution in [3.8, 4) is 11.6 Å². The molecule has 0 unspecified atom stereocenters. The van der Waals surface area contributed by atoms with Crippen LogP contribution in [0.3, 0.4) is 0 Å². The van der Waals surface area contributed by atoms with E-state index in [1.165, 1.54) is 10.8 Å². The summed E-state index contributed by atoms with van der Waals surface area (Å²) in [4.78, 5) is 19.2. The first kappa shape index (κ1) is 17.8. The van der Waals surface area contributed by atoms with Gasteiger partial charge in [0.15, 0.2) is 4.77 Å². The van der Waals surface area contributed by atoms with Crippen LogP contribution in [0, 0.1) is 18.6 Å². The van der Waals surface area contributed by atoms with E-state index in [1.54, 1.807) is 0 Å². The first-order chi connectivity index (χ1) is 12.5. The maximum absolute atomic E-state index is 12.3. The molecule has 0 atom stereocenters. The third-order valence-corrected chi connectivity index (χ3v) is 4.35. The van der Waals surface area contributed by atoms with Gasteiger partial charge in [-0.2, -0.15) is 0 Å². The van der Waals surface area contributed by atoms with E-state index in [1.807, 2.05) is 62.4 Å². The predicted octanol–water partition coefficient (Wildman–Crippen LogP) is 3.84. The molecule has 0 bridgehead atoms. The van der Waals surface area contributed by atoms with E-state index < -0.39 is 5.56 Å². The lowest BCUT2D eigenvalue weighted by molar-refractivity contribution is 0.432. The molecule has 5 nitrogen and oxygen atoms in total. The second-order valence-corrected chi connectivity index (χ2v) is 6.46. The minimum atomic E-state index is -0.467. The maximum atomic E-state index is 12.3. The largest absolute Gasteiger partial charge is 0.494 e. The summed E-state index contributed by atoms with van der Waals surface area (Å²) in [6, 6.07) is 15.5. The number of nitrogens with one attached hydrogen (secondary N) is 1. The highest BCUT2D eigenvalue weighted by Crippen LogP contribution is 2.22. The predicted molar refractivity (Wildman–Crippen MR) is 106 cm³/mol. The van der Waals surface area contributed by atoms with Crippen molar-refractivity contribution in [2.24, 2.45) is 4.99 Å². The molecule has 1 aromatic heterocycles. The summed E-state index contributed by atoms with van der Waals surface area (Å²) >= 11 is 5.26. The first-order valence-electron chi connectivity index (χ1n) is 8.17. The zero-order chi connectivity index (χ0) is 18.7. The van der Waals surface area contributed by atoms with E-state index in [0.29, 0.717) is 6.54 Å². The third kappa shape index (κ3) is 3.65. The lowest BCUT2D eigenvalue weighted by Gasteiger charge is -2.14. The first-order valence-corrected chi connectivity index (χ1v) is 8.58. The molecule has 0 radical (unpaired) electrons. The lowest BCUT2D eigenvalue weighted by atomic mass is 10.1. The number of aryl methyl sites for hydroxylation is 2. The number of hydrogen-bond acceptors (Lipinski definition) is 4. The Balaban J connectivity index is 2.06. The Morgan fingerprint density at radius 3 is 2.65 bits per heavy atom. The SMILES string of the molecule is Cc1ccc(C)c(-n2c(O)c(C=NCc3ccccc3)c(=O)[nH]c2=S)c1. The maximum Gasteiger partial charge on any atom is 0.264 e. The highest BCUT2D eigenvalue weighted by atomic mass is 32.1. The number of aromatic hydroxyl groups is 1. The summed E-state index contributed by atoms with van der Waals surface area (Å²) < 4.78 is 1.60. The molecule has 26 heavy (non-hydrogen) atoms. The molecule has 0 aliphatic heterocycles. The molecule has 1 heterocycles. The monoisotopic (exact) mass is 365 g/mol. The molecule has 132 valence electrons. The summed E-state index contributed by atoms with van der Waals surface area (Å²) in [5.74, 6) is -0.218. The van der Waals surface area contributed by atoms with Crippen molar-refractivity contribution >= 4 is 18.4 Å². The van der Waals surface area contributed by atoms with Crippen LogP contribution in [0.15, 0.2) is 58.3 Å². The van der Waals surface area contributed by atoms with Crippen molar-refractivity contribution in [3.63, 3.8) is 0 Å². The zero-order valence-electron chi connectivity index (χ0n) is 14.6. The number of rotatable bonds is 4. The van der Waals surface area contributed by atoms with Gasteiger partial charge in [-0.05, 0) is 48.8 Å². The zero-order valence-corrected chi connectivity index (χ0v) is 15.4. The molecule has 2 aromatic carbocycles. The second-order valence-electron chi connectivity index (χ2n) is 6.08. The highest BCUT2D eigenvalue weighted by Gasteiger charge is 2.14. The minimum Gasteiger partial charge on any atom is -0.494 e. The van der Waals surface area contributed by atoms with Crippen LogP contribution in [0.2, 0.25) is 0 Å². The number of H-pyrrole nitrogens is 1. The number of aromatic amines is 1. The summed E-state index contributed by atoms with van der Waals surface area (Å²) in [5.41, 5.74) is 3.31. The Morgan fingerprint density at radius 1 is 1.19 bits per heavy atom. The topological polar surface area (TPSA) is 70.4 Å². The summed E-state index contributed by atoms with van der Waals surface area (Å²) in [6.07, 6.45) is 1.39. The summed E-state index contributed by atoms with van der Waals surface area (Å²) in [7, 11) is 0. The summed E-state index contributed by atoms with van der Waals surface area (Å²) in [6.45, 7) is 4.29. The van der Waals surface area contributed by atoms with Crippen LogP contribution in [0.1, 0.15) is 22.3 Å². The van der Waals surface area contributed by atoms with Crippen LogP contribution in [0.4, 0.5) is 0 Å². The molecule has 0 saturated carbocycles. The third-order valence-electron chi connectivity index (χ3n) is 4.06. The fourth-order valence-corrected chi connectivity index (χ4v) is 2.94. The van der Waals surface area contributed by atoms with Gasteiger partial charge >= 0.3 is 0 Å². The van der Waals surface area contributed by atoms with Crippen LogP contribution in [0.5, 0.6) is 5.88 Å². The summed E-state index contributed by atoms with van der Waals surface area (Å²) in [5, 5.41) is 10.7. The van der Waals surface area contributed by atoms with Crippen molar-refractivity contribution in [1.29, 1.82) is 0 Å². The van der Waals surface area contributed by atoms with Crippen LogP contribution in [-0.4, -0.2) is 20.9 Å². The Hall–Kier alpha value is -2.99. The Kier molecular flexibility index (Phi) is 5.14. The fourth-order valence-electron chi connectivity index (χ4n) is 2.66. The molecule has 0 saturated heterocycles. The van der Waals surface area contributed by atoms with Gasteiger partial charge in [0.05, 0.1) is 12.2 Å². The van der Waals surface area contributed by atoms with Crippen LogP contribution >= 0.6 is 12.2 Å². The quantitative estimate of drug-likeness (QED) is 0.545. The van der Waals surface area contributed by atoms with Crippen molar-refractivity contribution in [1.82, 2.24) is 9.55 Å². The number of aliphatic imine (C=N–C) groups is 1. The average molecular weight is 365 g/mol. The molecule has 3 rings (SSSR count). The molecule has 0 spiro atoms. The van der Waals surface area contributed by atoms with Gasteiger partial charge in [-0.3, -0.25) is 19.3 Å². The second kappa shape index (κ2) is 7.49. The van der Waals surface area contributed by atoms with E-state index in [0.717, 1.165) is 22.4 Å². The number of benzene rings is 2. The van der Waals surface area contributed by atoms with Crippen LogP contribution in [-0.2, 0) is 6.54 Å². The van der Waals surface area contributed by atoms with Gasteiger partial charge in [-0.25, -0.2) is 0 Å². The van der Waals surface area contributed by atoms with Crippen LogP contribution in [0.25, 0.3) is 5.69 Å². The molecule has 0 fully saturated rings. The Labute approximate surface area is 156 Å². The number of aromatic nitrogens is 2. The molecular formula is C20H19N3O2S. The Morgan fingerprint density at radius 2 is 1.92 bits per heavy atom. The van der Waals surface area contributed by atoms with E-state index >= 15 is 0 Å². The molecule has 3 aromatic rings. The van der Waals surface area contributed by atoms with Gasteiger partial charge in [0.1, 0.15) is 5.56 Å². The van der Waals surface area contributed by atoms with Crippen molar-refractivity contribution < 1.29 is 5.11 Å². The Bertz CT molecular complexity index is 1080. The molecule has 0 aliphatic rings. The van der Waals surface area contributed by atoms with Crippen molar-refractivity contribution in [2.45, 2.75) is 20.4 Å². The molecule has 2 N–H and O–H groups in total. The highest BCUT2D eigenvalue weighted by molar-refractivity contribution is 7.71. The molecule has 0 amide bonds. The van der Waals surface area contributed by atoms with Gasteiger partial charge in [-0.1, -0.05) is 42.5 Å². The smallest absolute Gasteiger partial charge is 0.264 e. The van der Waals surface area contributed by atoms with Gasteiger partial charge in [0.25, 0.3) is 5.56 Å². The van der Waals surface area contributed by atoms with Gasteiger partial charge < -0.3 is 5.11 Å². The van der Waals surface area contributed by atoms with E-state index in [-0.39, 0.29) is 16.2 Å². The normalized spacial score (nSPS) is 11.2. The molecule has 0 aliphatic carbocycles. The lowest BCUT2D eigenvalue weighted by Crippen LogP contribution is -2.18. The standard InChI is InChI=1S/C20H19N3O2S/c1-13-8-9-14(2)17(10-13)23-19(25)16(18(24)22-20(23)26)12-21-11-15-6-4-3-5-7-15/h3-10,12,25H,11H2,1-2H3,(H,22,24,26). The van der Waals surface area contributed by atoms with E-state index in [4.69, 9.17) is 12.2 Å². The van der Waals surface area contributed by atoms with Gasteiger partial charge in [0.2, 0.25) is 5.88 Å². The van der Waals surface area contributed by atoms with E-state index in [2.05, 4.69) is 9.98 Å². The molecular weight excluding hydrogens is 346 g/mol. The number of nitrogens with zero attached hydrogens (tertiary/aromatic N) is 2.